The number of nitrogens with zero attached hydrogens (tertiary/aromatic N) is 3. The number of morpholine rings is 1. The third kappa shape index (κ3) is 6.19. The number of benzene rings is 1. The van der Waals surface area contributed by atoms with Gasteiger partial charge in [0.05, 0.1) is 38.8 Å². The zero-order valence-corrected chi connectivity index (χ0v) is 20.8. The number of rotatable bonds is 12. The average molecular weight is 516 g/mol. The van der Waals surface area contributed by atoms with E-state index in [-0.39, 0.29) is 22.8 Å². The number of fused-ring (bicyclic) bond motifs is 1. The van der Waals surface area contributed by atoms with E-state index in [1.165, 1.54) is 13.2 Å². The molecule has 0 unspecified atom stereocenters. The van der Waals surface area contributed by atoms with Gasteiger partial charge in [-0.15, -0.1) is 0 Å². The highest BCUT2D eigenvalue weighted by Gasteiger charge is 2.29. The summed E-state index contributed by atoms with van der Waals surface area (Å²) in [6, 6.07) is 6.79. The van der Waals surface area contributed by atoms with E-state index in [9.17, 15) is 13.6 Å². The third-order valence-corrected chi connectivity index (χ3v) is 6.72. The summed E-state index contributed by atoms with van der Waals surface area (Å²) in [5.74, 6) is 0.757. The number of ketones is 1. The molecule has 1 aliphatic heterocycles. The minimum atomic E-state index is -3.07. The van der Waals surface area contributed by atoms with Gasteiger partial charge in [-0.1, -0.05) is 0 Å². The van der Waals surface area contributed by atoms with Crippen molar-refractivity contribution in [1.29, 1.82) is 0 Å². The summed E-state index contributed by atoms with van der Waals surface area (Å²) in [6.45, 7) is 1.94. The van der Waals surface area contributed by atoms with E-state index in [1.54, 1.807) is 12.3 Å². The molecule has 1 saturated heterocycles. The molecule has 2 aromatic heterocycles. The monoisotopic (exact) mass is 515 g/mol. The van der Waals surface area contributed by atoms with Crippen LogP contribution in [0.4, 0.5) is 8.78 Å². The molecule has 0 atom stereocenters. The second-order valence-corrected chi connectivity index (χ2v) is 9.39. The Labute approximate surface area is 214 Å². The fraction of sp³-hybridized carbons (Fsp3) is 0.481. The number of imidazole rings is 1. The molecule has 5 rings (SSSR count). The van der Waals surface area contributed by atoms with Crippen molar-refractivity contribution in [2.45, 2.75) is 32.3 Å². The minimum absolute atomic E-state index is 0.0556. The van der Waals surface area contributed by atoms with Crippen molar-refractivity contribution in [2.24, 2.45) is 5.92 Å². The number of carbonyl (C=O) groups excluding carboxylic acids is 1. The summed E-state index contributed by atoms with van der Waals surface area (Å²) in [4.78, 5) is 19.7. The number of aromatic nitrogens is 2. The molecule has 10 heteroatoms. The van der Waals surface area contributed by atoms with Crippen LogP contribution in [-0.2, 0) is 4.74 Å². The van der Waals surface area contributed by atoms with Crippen LogP contribution in [-0.4, -0.2) is 73.2 Å². The Morgan fingerprint density at radius 2 is 1.97 bits per heavy atom. The van der Waals surface area contributed by atoms with Crippen molar-refractivity contribution < 1.29 is 32.5 Å². The molecule has 0 bridgehead atoms. The maximum atomic E-state index is 13.3. The number of carbonyl (C=O) groups is 1. The highest BCUT2D eigenvalue weighted by Crippen LogP contribution is 2.40. The smallest absolute Gasteiger partial charge is 0.387 e. The lowest BCUT2D eigenvalue weighted by atomic mass is 10.00. The molecular weight excluding hydrogens is 484 g/mol. The van der Waals surface area contributed by atoms with Crippen LogP contribution in [0, 0.1) is 5.92 Å². The largest absolute Gasteiger partial charge is 0.496 e. The molecule has 3 aromatic rings. The Morgan fingerprint density at radius 3 is 2.70 bits per heavy atom. The van der Waals surface area contributed by atoms with Gasteiger partial charge in [0.15, 0.2) is 5.78 Å². The molecule has 2 aliphatic rings. The lowest BCUT2D eigenvalue weighted by Gasteiger charge is -2.26. The van der Waals surface area contributed by atoms with Crippen LogP contribution in [0.15, 0.2) is 36.7 Å². The molecular formula is C27H31F2N3O5. The summed E-state index contributed by atoms with van der Waals surface area (Å²) in [5, 5.41) is 0. The van der Waals surface area contributed by atoms with E-state index in [4.69, 9.17) is 18.9 Å². The topological polar surface area (TPSA) is 74.5 Å². The van der Waals surface area contributed by atoms with Gasteiger partial charge in [0.1, 0.15) is 28.5 Å². The first-order chi connectivity index (χ1) is 18.0. The van der Waals surface area contributed by atoms with E-state index in [1.807, 2.05) is 22.7 Å². The number of hydrogen-bond donors (Lipinski definition) is 0. The van der Waals surface area contributed by atoms with Crippen LogP contribution in [0.2, 0.25) is 0 Å². The zero-order chi connectivity index (χ0) is 25.8. The van der Waals surface area contributed by atoms with E-state index in [2.05, 4.69) is 9.88 Å². The molecule has 2 fully saturated rings. The second-order valence-electron chi connectivity index (χ2n) is 9.39. The number of Topliss-reactive ketones (excluding diaryl/α,β-unsaturated/α-hetero) is 1. The third-order valence-electron chi connectivity index (χ3n) is 6.72. The molecule has 0 radical (unpaired) electrons. The standard InChI is InChI=1S/C27H31F2N3O5/c1-34-23-14-19(15-24(37-27(28)29)26(23)22(33)13-18-3-4-18)21-17-30-25-16-20(5-7-32(21)25)36-10-2-6-31-8-11-35-12-9-31/h5,7,14-18,27H,2-4,6,8-13H2,1H3. The molecule has 8 nitrogen and oxygen atoms in total. The fourth-order valence-corrected chi connectivity index (χ4v) is 4.62. The molecule has 198 valence electrons. The van der Waals surface area contributed by atoms with Crippen LogP contribution in [0.3, 0.4) is 0 Å². The first-order valence-electron chi connectivity index (χ1n) is 12.6. The van der Waals surface area contributed by atoms with Gasteiger partial charge in [-0.05, 0) is 43.4 Å². The number of halogens is 2. The van der Waals surface area contributed by atoms with Gasteiger partial charge in [0.25, 0.3) is 0 Å². The number of methoxy groups -OCH3 is 1. The van der Waals surface area contributed by atoms with Crippen LogP contribution < -0.4 is 14.2 Å². The van der Waals surface area contributed by atoms with Gasteiger partial charge < -0.3 is 18.9 Å². The Hall–Kier alpha value is -3.24. The van der Waals surface area contributed by atoms with Crippen molar-refractivity contribution in [2.75, 3.05) is 46.6 Å². The molecule has 3 heterocycles. The summed E-state index contributed by atoms with van der Waals surface area (Å²) in [5.41, 5.74) is 1.89. The summed E-state index contributed by atoms with van der Waals surface area (Å²) < 4.78 is 49.9. The van der Waals surface area contributed by atoms with Gasteiger partial charge in [0, 0.05) is 43.9 Å². The molecule has 0 N–H and O–H groups in total. The Kier molecular flexibility index (Phi) is 7.85. The molecule has 1 saturated carbocycles. The van der Waals surface area contributed by atoms with Crippen LogP contribution >= 0.6 is 0 Å². The van der Waals surface area contributed by atoms with Crippen molar-refractivity contribution in [1.82, 2.24) is 14.3 Å². The van der Waals surface area contributed by atoms with Gasteiger partial charge in [-0.3, -0.25) is 14.1 Å². The number of alkyl halides is 2. The lowest BCUT2D eigenvalue weighted by molar-refractivity contribution is -0.0502. The summed E-state index contributed by atoms with van der Waals surface area (Å²) in [6.07, 6.45) is 6.60. The van der Waals surface area contributed by atoms with Gasteiger partial charge in [-0.25, -0.2) is 4.98 Å². The second kappa shape index (κ2) is 11.4. The predicted molar refractivity (Wildman–Crippen MR) is 133 cm³/mol. The van der Waals surface area contributed by atoms with Gasteiger partial charge >= 0.3 is 6.61 Å². The van der Waals surface area contributed by atoms with E-state index >= 15 is 0 Å². The quantitative estimate of drug-likeness (QED) is 0.256. The number of ether oxygens (including phenoxy) is 4. The van der Waals surface area contributed by atoms with E-state index in [0.717, 1.165) is 52.1 Å². The van der Waals surface area contributed by atoms with Crippen LogP contribution in [0.5, 0.6) is 17.2 Å². The van der Waals surface area contributed by atoms with Crippen molar-refractivity contribution in [3.8, 4) is 28.5 Å². The Balaban J connectivity index is 1.34. The zero-order valence-electron chi connectivity index (χ0n) is 20.8. The Morgan fingerprint density at radius 1 is 1.19 bits per heavy atom. The molecule has 1 aromatic carbocycles. The first kappa shape index (κ1) is 25.4. The molecule has 37 heavy (non-hydrogen) atoms. The van der Waals surface area contributed by atoms with Crippen LogP contribution in [0.25, 0.3) is 16.9 Å². The minimum Gasteiger partial charge on any atom is -0.496 e. The summed E-state index contributed by atoms with van der Waals surface area (Å²) in [7, 11) is 1.41. The van der Waals surface area contributed by atoms with Crippen molar-refractivity contribution in [3.05, 3.63) is 42.2 Å². The van der Waals surface area contributed by atoms with Crippen molar-refractivity contribution >= 4 is 11.4 Å². The predicted octanol–water partition coefficient (Wildman–Crippen LogP) is 4.70. The number of hydrogen-bond acceptors (Lipinski definition) is 7. The maximum Gasteiger partial charge on any atom is 0.387 e. The van der Waals surface area contributed by atoms with Gasteiger partial charge in [-0.2, -0.15) is 8.78 Å². The Bertz CT molecular complexity index is 1240. The highest BCUT2D eigenvalue weighted by atomic mass is 19.3. The lowest BCUT2D eigenvalue weighted by Crippen LogP contribution is -2.37. The maximum absolute atomic E-state index is 13.3. The normalized spacial score (nSPS) is 16.3. The van der Waals surface area contributed by atoms with E-state index in [0.29, 0.717) is 41.6 Å². The first-order valence-corrected chi connectivity index (χ1v) is 12.6. The number of pyridine rings is 1. The average Bonchev–Trinajstić information content (AvgIpc) is 3.61. The molecule has 1 aliphatic carbocycles. The van der Waals surface area contributed by atoms with Crippen molar-refractivity contribution in [3.63, 3.8) is 0 Å². The molecule has 0 spiro atoms. The van der Waals surface area contributed by atoms with Gasteiger partial charge in [0.2, 0.25) is 0 Å². The highest BCUT2D eigenvalue weighted by molar-refractivity contribution is 6.02. The molecule has 0 amide bonds. The summed E-state index contributed by atoms with van der Waals surface area (Å²) >= 11 is 0. The van der Waals surface area contributed by atoms with E-state index < -0.39 is 6.61 Å². The SMILES string of the molecule is COc1cc(-c2cnc3cc(OCCCN4CCOCC4)ccn23)cc(OC(F)F)c1C(=O)CC1CC1. The fourth-order valence-electron chi connectivity index (χ4n) is 4.62. The van der Waals surface area contributed by atoms with Crippen LogP contribution in [0.1, 0.15) is 36.0 Å².